The van der Waals surface area contributed by atoms with Crippen LogP contribution in [0.15, 0.2) is 279 Å². The third kappa shape index (κ3) is 8.86. The smallest absolute Gasteiger partial charge is 0.0540 e. The highest BCUT2D eigenvalue weighted by Gasteiger charge is 2.42. The first-order chi connectivity index (χ1) is 38.9. The van der Waals surface area contributed by atoms with Crippen LogP contribution in [0.25, 0.3) is 32.7 Å². The van der Waals surface area contributed by atoms with Gasteiger partial charge >= 0.3 is 0 Å². The number of fused-ring (bicyclic) bond motifs is 5. The zero-order chi connectivity index (χ0) is 53.5. The maximum absolute atomic E-state index is 2.51. The Balaban J connectivity index is 0.930. The van der Waals surface area contributed by atoms with E-state index in [4.69, 9.17) is 0 Å². The number of anilines is 12. The minimum atomic E-state index is -0.243. The van der Waals surface area contributed by atoms with Gasteiger partial charge in [0.15, 0.2) is 0 Å². The van der Waals surface area contributed by atoms with Crippen molar-refractivity contribution in [1.29, 1.82) is 0 Å². The third-order valence-corrected chi connectivity index (χ3v) is 16.3. The largest absolute Gasteiger partial charge is 0.310 e. The summed E-state index contributed by atoms with van der Waals surface area (Å²) in [4.78, 5) is 9.64. The molecular weight excluding hydrogens is 957 g/mol. The van der Waals surface area contributed by atoms with Crippen molar-refractivity contribution in [2.75, 3.05) is 19.6 Å². The molecule has 0 atom stereocenters. The molecule has 12 aromatic rings. The standard InChI is InChI=1S/C75H62N4/c1-5-75(6-2)71-51-65(78(73-35-19-25-55-23-13-15-33-67(55)73)61-41-37-59(38-42-61)76(57-27-9-7-10-28-57)63-31-17-21-53(3)49-63)45-47-69(71)70-48-46-66(52-72(70)75)79(74-36-20-26-56-24-14-16-34-68(56)74)62-43-39-60(40-44-62)77(58-29-11-8-12-30-58)64-32-18-22-54(4)50-64/h7-52H,5-6H2,1-4H3. The van der Waals surface area contributed by atoms with Crippen molar-refractivity contribution in [3.63, 3.8) is 0 Å². The van der Waals surface area contributed by atoms with Crippen LogP contribution in [0, 0.1) is 13.8 Å². The Morgan fingerprint density at radius 3 is 0.962 bits per heavy atom. The monoisotopic (exact) mass is 1020 g/mol. The molecule has 382 valence electrons. The molecule has 4 heteroatoms. The number of benzene rings is 12. The summed E-state index contributed by atoms with van der Waals surface area (Å²) >= 11 is 0. The van der Waals surface area contributed by atoms with E-state index in [0.717, 1.165) is 81.1 Å². The fourth-order valence-electron chi connectivity index (χ4n) is 12.5. The molecule has 0 heterocycles. The molecule has 1 aliphatic carbocycles. The Labute approximate surface area is 465 Å². The van der Waals surface area contributed by atoms with Crippen molar-refractivity contribution in [2.45, 2.75) is 46.0 Å². The minimum absolute atomic E-state index is 0.243. The van der Waals surface area contributed by atoms with Gasteiger partial charge in [-0.05, 0) is 204 Å². The molecule has 0 fully saturated rings. The van der Waals surface area contributed by atoms with Crippen molar-refractivity contribution in [3.05, 3.63) is 301 Å². The molecule has 0 aliphatic heterocycles. The first kappa shape index (κ1) is 49.0. The highest BCUT2D eigenvalue weighted by Crippen LogP contribution is 2.56. The number of nitrogens with zero attached hydrogens (tertiary/aromatic N) is 4. The van der Waals surface area contributed by atoms with Crippen molar-refractivity contribution < 1.29 is 0 Å². The molecule has 4 nitrogen and oxygen atoms in total. The molecule has 0 radical (unpaired) electrons. The molecule has 1 aliphatic rings. The van der Waals surface area contributed by atoms with Gasteiger partial charge in [0.05, 0.1) is 11.4 Å². The predicted octanol–water partition coefficient (Wildman–Crippen LogP) is 21.6. The van der Waals surface area contributed by atoms with Crippen LogP contribution in [0.2, 0.25) is 0 Å². The molecule has 0 spiro atoms. The summed E-state index contributed by atoms with van der Waals surface area (Å²) in [6.45, 7) is 9.07. The predicted molar refractivity (Wildman–Crippen MR) is 336 cm³/mol. The van der Waals surface area contributed by atoms with Crippen LogP contribution in [0.4, 0.5) is 68.2 Å². The lowest BCUT2D eigenvalue weighted by Crippen LogP contribution is -2.24. The normalized spacial score (nSPS) is 12.3. The van der Waals surface area contributed by atoms with Crippen molar-refractivity contribution >= 4 is 89.8 Å². The van der Waals surface area contributed by atoms with Crippen LogP contribution < -0.4 is 19.6 Å². The SMILES string of the molecule is CCC1(CC)c2cc(N(c3ccc(N(c4ccccc4)c4cccc(C)c4)cc3)c3cccc4ccccc34)ccc2-c2ccc(N(c3ccc(N(c4ccccc4)c4cccc(C)c4)cc3)c3cccc4ccccc34)cc21. The van der Waals surface area contributed by atoms with Crippen LogP contribution in [-0.4, -0.2) is 0 Å². The average Bonchev–Trinajstić information content (AvgIpc) is 4.06. The van der Waals surface area contributed by atoms with Gasteiger partial charge in [0.1, 0.15) is 0 Å². The van der Waals surface area contributed by atoms with Gasteiger partial charge in [-0.1, -0.05) is 159 Å². The van der Waals surface area contributed by atoms with E-state index >= 15 is 0 Å². The summed E-state index contributed by atoms with van der Waals surface area (Å²) in [5, 5.41) is 4.82. The molecule has 0 saturated heterocycles. The van der Waals surface area contributed by atoms with Crippen LogP contribution >= 0.6 is 0 Å². The summed E-state index contributed by atoms with van der Waals surface area (Å²) in [6, 6.07) is 103. The molecular formula is C75H62N4. The van der Waals surface area contributed by atoms with Gasteiger partial charge in [-0.2, -0.15) is 0 Å². The first-order valence-corrected chi connectivity index (χ1v) is 27.8. The molecule has 0 saturated carbocycles. The van der Waals surface area contributed by atoms with E-state index in [1.165, 1.54) is 54.9 Å². The van der Waals surface area contributed by atoms with Crippen LogP contribution in [-0.2, 0) is 5.41 Å². The van der Waals surface area contributed by atoms with E-state index < -0.39 is 0 Å². The lowest BCUT2D eigenvalue weighted by atomic mass is 9.73. The number of aryl methyl sites for hydroxylation is 2. The first-order valence-electron chi connectivity index (χ1n) is 27.8. The summed E-state index contributed by atoms with van der Waals surface area (Å²) < 4.78 is 0. The second kappa shape index (κ2) is 20.7. The Bertz CT molecular complexity index is 3870. The van der Waals surface area contributed by atoms with E-state index in [-0.39, 0.29) is 5.41 Å². The summed E-state index contributed by atoms with van der Waals surface area (Å²) in [5.74, 6) is 0. The van der Waals surface area contributed by atoms with Gasteiger partial charge in [0, 0.05) is 73.1 Å². The van der Waals surface area contributed by atoms with E-state index in [2.05, 4.69) is 326 Å². The quantitative estimate of drug-likeness (QED) is 0.108. The molecule has 0 aromatic heterocycles. The maximum Gasteiger partial charge on any atom is 0.0540 e. The highest BCUT2D eigenvalue weighted by molar-refractivity contribution is 6.01. The second-order valence-corrected chi connectivity index (χ2v) is 21.0. The Morgan fingerprint density at radius 1 is 0.266 bits per heavy atom. The highest BCUT2D eigenvalue weighted by atomic mass is 15.2. The lowest BCUT2D eigenvalue weighted by Gasteiger charge is -2.33. The number of hydrogen-bond donors (Lipinski definition) is 0. The average molecular weight is 1020 g/mol. The second-order valence-electron chi connectivity index (χ2n) is 21.0. The zero-order valence-corrected chi connectivity index (χ0v) is 45.3. The molecule has 12 aromatic carbocycles. The van der Waals surface area contributed by atoms with Gasteiger partial charge in [-0.3, -0.25) is 0 Å². The Hall–Kier alpha value is -9.64. The maximum atomic E-state index is 2.51. The Morgan fingerprint density at radius 2 is 0.570 bits per heavy atom. The number of hydrogen-bond acceptors (Lipinski definition) is 4. The van der Waals surface area contributed by atoms with Crippen LogP contribution in [0.1, 0.15) is 48.9 Å². The van der Waals surface area contributed by atoms with Crippen molar-refractivity contribution in [3.8, 4) is 11.1 Å². The van der Waals surface area contributed by atoms with E-state index in [1.807, 2.05) is 0 Å². The minimum Gasteiger partial charge on any atom is -0.310 e. The third-order valence-electron chi connectivity index (χ3n) is 16.3. The summed E-state index contributed by atoms with van der Waals surface area (Å²) in [6.07, 6.45) is 1.90. The molecule has 0 N–H and O–H groups in total. The van der Waals surface area contributed by atoms with Gasteiger partial charge < -0.3 is 19.6 Å². The summed E-state index contributed by atoms with van der Waals surface area (Å²) in [7, 11) is 0. The van der Waals surface area contributed by atoms with Crippen molar-refractivity contribution in [1.82, 2.24) is 0 Å². The molecule has 13 rings (SSSR count). The molecule has 0 unspecified atom stereocenters. The van der Waals surface area contributed by atoms with Crippen LogP contribution in [0.3, 0.4) is 0 Å². The van der Waals surface area contributed by atoms with Gasteiger partial charge in [0.25, 0.3) is 0 Å². The Kier molecular flexibility index (Phi) is 12.8. The molecule has 0 amide bonds. The fourth-order valence-corrected chi connectivity index (χ4v) is 12.5. The fraction of sp³-hybridized carbons (Fsp3) is 0.0933. The van der Waals surface area contributed by atoms with Gasteiger partial charge in [-0.15, -0.1) is 0 Å². The number of para-hydroxylation sites is 2. The van der Waals surface area contributed by atoms with Crippen LogP contribution in [0.5, 0.6) is 0 Å². The van der Waals surface area contributed by atoms with Gasteiger partial charge in [-0.25, -0.2) is 0 Å². The molecule has 79 heavy (non-hydrogen) atoms. The van der Waals surface area contributed by atoms with Crippen molar-refractivity contribution in [2.24, 2.45) is 0 Å². The topological polar surface area (TPSA) is 13.0 Å². The van der Waals surface area contributed by atoms with E-state index in [0.29, 0.717) is 0 Å². The summed E-state index contributed by atoms with van der Waals surface area (Å²) in [5.41, 5.74) is 21.0. The molecule has 0 bridgehead atoms. The lowest BCUT2D eigenvalue weighted by molar-refractivity contribution is 0.490. The van der Waals surface area contributed by atoms with E-state index in [9.17, 15) is 0 Å². The van der Waals surface area contributed by atoms with E-state index in [1.54, 1.807) is 0 Å². The number of rotatable bonds is 14. The van der Waals surface area contributed by atoms with Gasteiger partial charge in [0.2, 0.25) is 0 Å². The zero-order valence-electron chi connectivity index (χ0n) is 45.3.